The molecule has 3 aromatic carbocycles. The average Bonchev–Trinajstić information content (AvgIpc) is 3.33. The Morgan fingerprint density at radius 1 is 1.00 bits per heavy atom. The quantitative estimate of drug-likeness (QED) is 0.310. The van der Waals surface area contributed by atoms with Gasteiger partial charge in [-0.05, 0) is 28.8 Å². The molecule has 0 atom stereocenters. The smallest absolute Gasteiger partial charge is 0.270 e. The van der Waals surface area contributed by atoms with Crippen LogP contribution in [0.3, 0.4) is 0 Å². The minimum Gasteiger partial charge on any atom is -0.443 e. The third-order valence-electron chi connectivity index (χ3n) is 5.04. The number of nitriles is 1. The summed E-state index contributed by atoms with van der Waals surface area (Å²) in [5.41, 5.74) is 7.61. The molecule has 5 rings (SSSR count). The monoisotopic (exact) mass is 432 g/mol. The lowest BCUT2D eigenvalue weighted by Crippen LogP contribution is -2.16. The predicted molar refractivity (Wildman–Crippen MR) is 126 cm³/mol. The van der Waals surface area contributed by atoms with Crippen LogP contribution >= 0.6 is 0 Å². The maximum Gasteiger partial charge on any atom is 0.270 e. The van der Waals surface area contributed by atoms with Crippen molar-refractivity contribution in [3.63, 3.8) is 0 Å². The standard InChI is InChI=1S/C25H16N6O2/c26-13-20-23(18-4-2-1-3-5-18)29-25(30-24(20)32)31-28-14-16-6-8-17(9-7-16)19-10-11-22-21(12-19)27-15-33-22/h1-12,14-15H,(H2,29,30,31,32). The van der Waals surface area contributed by atoms with Gasteiger partial charge in [0, 0.05) is 5.56 Å². The summed E-state index contributed by atoms with van der Waals surface area (Å²) in [5.74, 6) is 0.145. The number of rotatable bonds is 5. The van der Waals surface area contributed by atoms with Crippen molar-refractivity contribution < 1.29 is 4.42 Å². The van der Waals surface area contributed by atoms with Crippen LogP contribution in [0.5, 0.6) is 0 Å². The maximum absolute atomic E-state index is 12.3. The van der Waals surface area contributed by atoms with E-state index in [2.05, 4.69) is 25.5 Å². The molecular weight excluding hydrogens is 416 g/mol. The molecule has 2 N–H and O–H groups in total. The number of anilines is 1. The van der Waals surface area contributed by atoms with Crippen molar-refractivity contribution in [1.82, 2.24) is 15.0 Å². The second-order valence-electron chi connectivity index (χ2n) is 7.14. The third-order valence-corrected chi connectivity index (χ3v) is 5.04. The molecule has 0 amide bonds. The summed E-state index contributed by atoms with van der Waals surface area (Å²) in [6.07, 6.45) is 3.05. The number of aromatic amines is 1. The molecule has 0 saturated carbocycles. The Hall–Kier alpha value is -5.03. The van der Waals surface area contributed by atoms with Crippen LogP contribution in [0, 0.1) is 11.3 Å². The number of hydrogen-bond acceptors (Lipinski definition) is 7. The number of aromatic nitrogens is 3. The molecule has 0 unspecified atom stereocenters. The van der Waals surface area contributed by atoms with Crippen LogP contribution in [0.1, 0.15) is 11.1 Å². The van der Waals surface area contributed by atoms with Crippen LogP contribution in [0.25, 0.3) is 33.5 Å². The van der Waals surface area contributed by atoms with Crippen molar-refractivity contribution in [2.24, 2.45) is 5.10 Å². The van der Waals surface area contributed by atoms with Crippen molar-refractivity contribution in [1.29, 1.82) is 5.26 Å². The molecule has 158 valence electrons. The maximum atomic E-state index is 12.3. The van der Waals surface area contributed by atoms with E-state index >= 15 is 0 Å². The van der Waals surface area contributed by atoms with Crippen molar-refractivity contribution in [2.75, 3.05) is 5.43 Å². The number of fused-ring (bicyclic) bond motifs is 1. The highest BCUT2D eigenvalue weighted by atomic mass is 16.3. The number of hydrazone groups is 1. The molecule has 33 heavy (non-hydrogen) atoms. The molecule has 0 radical (unpaired) electrons. The fourth-order valence-corrected chi connectivity index (χ4v) is 3.40. The molecule has 2 aromatic heterocycles. The Labute approximate surface area is 187 Å². The number of nitrogens with one attached hydrogen (secondary N) is 2. The minimum atomic E-state index is -0.530. The lowest BCUT2D eigenvalue weighted by atomic mass is 10.0. The largest absolute Gasteiger partial charge is 0.443 e. The number of nitrogens with zero attached hydrogens (tertiary/aromatic N) is 4. The first-order valence-electron chi connectivity index (χ1n) is 10.0. The van der Waals surface area contributed by atoms with Crippen LogP contribution < -0.4 is 11.0 Å². The first kappa shape index (κ1) is 19.9. The van der Waals surface area contributed by atoms with Gasteiger partial charge in [0.25, 0.3) is 5.56 Å². The predicted octanol–water partition coefficient (Wildman–Crippen LogP) is 4.56. The summed E-state index contributed by atoms with van der Waals surface area (Å²) >= 11 is 0. The second-order valence-corrected chi connectivity index (χ2v) is 7.14. The van der Waals surface area contributed by atoms with Gasteiger partial charge < -0.3 is 4.42 Å². The highest BCUT2D eigenvalue weighted by molar-refractivity contribution is 5.83. The Morgan fingerprint density at radius 3 is 2.58 bits per heavy atom. The highest BCUT2D eigenvalue weighted by Gasteiger charge is 2.12. The summed E-state index contributed by atoms with van der Waals surface area (Å²) < 4.78 is 5.28. The molecule has 8 heteroatoms. The van der Waals surface area contributed by atoms with Crippen LogP contribution in [0.2, 0.25) is 0 Å². The van der Waals surface area contributed by atoms with Gasteiger partial charge in [-0.1, -0.05) is 60.7 Å². The normalized spacial score (nSPS) is 11.0. The zero-order valence-corrected chi connectivity index (χ0v) is 17.2. The lowest BCUT2D eigenvalue weighted by Gasteiger charge is -2.06. The SMILES string of the molecule is N#Cc1c(-c2ccccc2)nc(NN=Cc2ccc(-c3ccc4ocnc4c3)cc2)[nH]c1=O. The molecule has 2 heterocycles. The molecular formula is C25H16N6O2. The molecule has 8 nitrogen and oxygen atoms in total. The molecule has 0 fully saturated rings. The summed E-state index contributed by atoms with van der Waals surface area (Å²) in [4.78, 5) is 23.4. The van der Waals surface area contributed by atoms with Gasteiger partial charge in [0.1, 0.15) is 17.1 Å². The van der Waals surface area contributed by atoms with Crippen LogP contribution in [-0.4, -0.2) is 21.2 Å². The fraction of sp³-hybridized carbons (Fsp3) is 0. The minimum absolute atomic E-state index is 0.0462. The molecule has 5 aromatic rings. The third kappa shape index (κ3) is 4.11. The number of hydrogen-bond donors (Lipinski definition) is 2. The zero-order valence-electron chi connectivity index (χ0n) is 17.2. The first-order valence-corrected chi connectivity index (χ1v) is 10.0. The zero-order chi connectivity index (χ0) is 22.6. The summed E-state index contributed by atoms with van der Waals surface area (Å²) in [7, 11) is 0. The molecule has 0 spiro atoms. The van der Waals surface area contributed by atoms with Gasteiger partial charge in [-0.15, -0.1) is 0 Å². The van der Waals surface area contributed by atoms with E-state index in [1.54, 1.807) is 18.3 Å². The van der Waals surface area contributed by atoms with Gasteiger partial charge in [0.15, 0.2) is 12.0 Å². The Morgan fingerprint density at radius 2 is 1.79 bits per heavy atom. The Balaban J connectivity index is 1.35. The van der Waals surface area contributed by atoms with Crippen molar-refractivity contribution >= 4 is 23.3 Å². The van der Waals surface area contributed by atoms with Crippen molar-refractivity contribution in [2.45, 2.75) is 0 Å². The molecule has 0 aliphatic rings. The van der Waals surface area contributed by atoms with Crippen molar-refractivity contribution in [3.05, 3.63) is 101 Å². The molecule has 0 bridgehead atoms. The van der Waals surface area contributed by atoms with Gasteiger partial charge in [-0.3, -0.25) is 9.78 Å². The van der Waals surface area contributed by atoms with E-state index in [1.165, 1.54) is 6.39 Å². The summed E-state index contributed by atoms with van der Waals surface area (Å²) in [6.45, 7) is 0. The topological polar surface area (TPSA) is 120 Å². The number of oxazole rings is 1. The van der Waals surface area contributed by atoms with E-state index in [0.29, 0.717) is 11.3 Å². The van der Waals surface area contributed by atoms with Crippen LogP contribution in [-0.2, 0) is 0 Å². The van der Waals surface area contributed by atoms with Crippen LogP contribution in [0.15, 0.2) is 93.5 Å². The van der Waals surface area contributed by atoms with E-state index < -0.39 is 5.56 Å². The van der Waals surface area contributed by atoms with Gasteiger partial charge in [0.05, 0.1) is 11.9 Å². The molecule has 0 saturated heterocycles. The van der Waals surface area contributed by atoms with Gasteiger partial charge >= 0.3 is 0 Å². The molecule has 0 aliphatic carbocycles. The van der Waals surface area contributed by atoms with Gasteiger partial charge in [-0.25, -0.2) is 15.4 Å². The van der Waals surface area contributed by atoms with Crippen molar-refractivity contribution in [3.8, 4) is 28.5 Å². The van der Waals surface area contributed by atoms with Gasteiger partial charge in [0.2, 0.25) is 5.95 Å². The first-order chi connectivity index (χ1) is 16.2. The highest BCUT2D eigenvalue weighted by Crippen LogP contribution is 2.24. The number of benzene rings is 3. The Kier molecular flexibility index (Phi) is 5.19. The van der Waals surface area contributed by atoms with E-state index in [-0.39, 0.29) is 11.5 Å². The van der Waals surface area contributed by atoms with Crippen LogP contribution in [0.4, 0.5) is 5.95 Å². The lowest BCUT2D eigenvalue weighted by molar-refractivity contribution is 0.602. The van der Waals surface area contributed by atoms with E-state index in [1.807, 2.05) is 66.7 Å². The van der Waals surface area contributed by atoms with E-state index in [0.717, 1.165) is 27.8 Å². The van der Waals surface area contributed by atoms with E-state index in [4.69, 9.17) is 4.42 Å². The fourth-order valence-electron chi connectivity index (χ4n) is 3.40. The summed E-state index contributed by atoms with van der Waals surface area (Å²) in [6, 6.07) is 24.7. The summed E-state index contributed by atoms with van der Waals surface area (Å²) in [5, 5.41) is 13.5. The van der Waals surface area contributed by atoms with E-state index in [9.17, 15) is 10.1 Å². The Bertz CT molecular complexity index is 1560. The number of H-pyrrole nitrogens is 1. The second kappa shape index (κ2) is 8.61. The average molecular weight is 432 g/mol. The van der Waals surface area contributed by atoms with Gasteiger partial charge in [-0.2, -0.15) is 10.4 Å². The molecule has 0 aliphatic heterocycles.